The number of rotatable bonds is 3. The minimum atomic E-state index is 0.124. The number of nitrogens with zero attached hydrogens (tertiary/aromatic N) is 1. The number of aromatic hydroxyl groups is 1. The van der Waals surface area contributed by atoms with Crippen LogP contribution in [0.1, 0.15) is 0 Å². The van der Waals surface area contributed by atoms with Crippen molar-refractivity contribution in [3.05, 3.63) is 48.8 Å². The van der Waals surface area contributed by atoms with Crippen molar-refractivity contribution < 1.29 is 23.7 Å². The van der Waals surface area contributed by atoms with Gasteiger partial charge in [-0.3, -0.25) is 0 Å². The molecule has 5 nitrogen and oxygen atoms in total. The number of hydrogen-bond donors (Lipinski definition) is 1. The van der Waals surface area contributed by atoms with Crippen molar-refractivity contribution in [1.82, 2.24) is 0 Å². The molecule has 1 N–H and O–H groups in total. The minimum absolute atomic E-state index is 0.124. The molecule has 0 fully saturated rings. The van der Waals surface area contributed by atoms with Crippen LogP contribution in [0.5, 0.6) is 23.0 Å². The first-order valence-corrected chi connectivity index (χ1v) is 7.85. The summed E-state index contributed by atoms with van der Waals surface area (Å²) in [5.41, 5.74) is 1.01. The molecule has 0 unspecified atom stereocenters. The Morgan fingerprint density at radius 3 is 2.16 bits per heavy atom. The summed E-state index contributed by atoms with van der Waals surface area (Å²) >= 11 is 0. The van der Waals surface area contributed by atoms with Gasteiger partial charge < -0.3 is 19.3 Å². The van der Waals surface area contributed by atoms with Crippen molar-refractivity contribution in [2.75, 3.05) is 21.3 Å². The Hall–Kier alpha value is -3.21. The van der Waals surface area contributed by atoms with Crippen LogP contribution in [-0.2, 0) is 0 Å². The van der Waals surface area contributed by atoms with E-state index >= 15 is 0 Å². The number of methoxy groups -OCH3 is 3. The van der Waals surface area contributed by atoms with Crippen LogP contribution >= 0.6 is 0 Å². The van der Waals surface area contributed by atoms with Crippen molar-refractivity contribution in [2.24, 2.45) is 0 Å². The topological polar surface area (TPSA) is 52.0 Å². The fraction of sp³-hybridized carbons (Fsp3) is 0.150. The minimum Gasteiger partial charge on any atom is -0.504 e. The summed E-state index contributed by atoms with van der Waals surface area (Å²) < 4.78 is 18.1. The lowest BCUT2D eigenvalue weighted by Gasteiger charge is -2.09. The number of benzene rings is 2. The van der Waals surface area contributed by atoms with E-state index in [9.17, 15) is 5.11 Å². The van der Waals surface area contributed by atoms with Gasteiger partial charge in [0, 0.05) is 12.1 Å². The summed E-state index contributed by atoms with van der Waals surface area (Å²) in [6.07, 6.45) is 4.02. The third kappa shape index (κ3) is 2.36. The molecule has 126 valence electrons. The summed E-state index contributed by atoms with van der Waals surface area (Å²) in [7, 11) is 4.80. The fourth-order valence-electron chi connectivity index (χ4n) is 3.20. The summed E-state index contributed by atoms with van der Waals surface area (Å²) in [6, 6.07) is 11.6. The average Bonchev–Trinajstić information content (AvgIpc) is 2.64. The van der Waals surface area contributed by atoms with Gasteiger partial charge in [0.1, 0.15) is 0 Å². The van der Waals surface area contributed by atoms with Crippen molar-refractivity contribution >= 4 is 27.1 Å². The molecule has 0 atom stereocenters. The number of fused-ring (bicyclic) bond motifs is 4. The van der Waals surface area contributed by atoms with E-state index in [2.05, 4.69) is 0 Å². The normalized spacial score (nSPS) is 11.2. The van der Waals surface area contributed by atoms with Crippen molar-refractivity contribution in [3.63, 3.8) is 0 Å². The quantitative estimate of drug-likeness (QED) is 0.354. The smallest absolute Gasteiger partial charge is 0.219 e. The van der Waals surface area contributed by atoms with Gasteiger partial charge in [-0.2, -0.15) is 4.40 Å². The molecule has 25 heavy (non-hydrogen) atoms. The maximum atomic E-state index is 10.1. The Bertz CT molecular complexity index is 1120. The van der Waals surface area contributed by atoms with E-state index in [0.29, 0.717) is 17.2 Å². The zero-order valence-corrected chi connectivity index (χ0v) is 14.2. The van der Waals surface area contributed by atoms with E-state index in [1.54, 1.807) is 27.4 Å². The lowest BCUT2D eigenvalue weighted by atomic mass is 10.1. The van der Waals surface area contributed by atoms with Gasteiger partial charge in [0.2, 0.25) is 5.52 Å². The average molecular weight is 336 g/mol. The first-order valence-electron chi connectivity index (χ1n) is 7.85. The fourth-order valence-corrected chi connectivity index (χ4v) is 3.20. The third-order valence-electron chi connectivity index (χ3n) is 4.48. The van der Waals surface area contributed by atoms with Crippen LogP contribution in [0, 0.1) is 0 Å². The van der Waals surface area contributed by atoms with Crippen LogP contribution in [0.2, 0.25) is 0 Å². The van der Waals surface area contributed by atoms with E-state index in [0.717, 1.165) is 27.1 Å². The number of pyridine rings is 2. The zero-order chi connectivity index (χ0) is 17.6. The van der Waals surface area contributed by atoms with Crippen molar-refractivity contribution in [2.45, 2.75) is 0 Å². The van der Waals surface area contributed by atoms with E-state index in [4.69, 9.17) is 14.2 Å². The highest BCUT2D eigenvalue weighted by Gasteiger charge is 2.15. The monoisotopic (exact) mass is 336 g/mol. The van der Waals surface area contributed by atoms with Crippen molar-refractivity contribution in [3.8, 4) is 23.0 Å². The Labute approximate surface area is 144 Å². The van der Waals surface area contributed by atoms with Crippen LogP contribution in [0.15, 0.2) is 48.8 Å². The van der Waals surface area contributed by atoms with Gasteiger partial charge >= 0.3 is 0 Å². The summed E-state index contributed by atoms with van der Waals surface area (Å²) in [6.45, 7) is 0. The van der Waals surface area contributed by atoms with Gasteiger partial charge in [0.25, 0.3) is 0 Å². The highest BCUT2D eigenvalue weighted by atomic mass is 16.5. The van der Waals surface area contributed by atoms with E-state index in [-0.39, 0.29) is 5.75 Å². The first-order chi connectivity index (χ1) is 12.1. The lowest BCUT2D eigenvalue weighted by molar-refractivity contribution is -0.509. The third-order valence-corrected chi connectivity index (χ3v) is 4.48. The van der Waals surface area contributed by atoms with E-state index in [1.807, 2.05) is 47.1 Å². The molecule has 0 radical (unpaired) electrons. The molecule has 0 spiro atoms. The highest BCUT2D eigenvalue weighted by Crippen LogP contribution is 2.35. The predicted octanol–water partition coefficient (Wildman–Crippen LogP) is 3.46. The number of hydrogen-bond acceptors (Lipinski definition) is 4. The first kappa shape index (κ1) is 15.3. The summed E-state index contributed by atoms with van der Waals surface area (Å²) in [5, 5.41) is 14.1. The second-order valence-corrected chi connectivity index (χ2v) is 5.83. The van der Waals surface area contributed by atoms with E-state index in [1.165, 1.54) is 0 Å². The lowest BCUT2D eigenvalue weighted by Crippen LogP contribution is -2.20. The summed E-state index contributed by atoms with van der Waals surface area (Å²) in [4.78, 5) is 0. The van der Waals surface area contributed by atoms with Crippen LogP contribution < -0.4 is 18.6 Å². The second kappa shape index (κ2) is 5.70. The largest absolute Gasteiger partial charge is 0.504 e. The molecule has 4 rings (SSSR count). The number of phenolic OH excluding ortho intramolecular Hbond substituents is 1. The molecular weight excluding hydrogens is 318 g/mol. The molecule has 0 saturated heterocycles. The van der Waals surface area contributed by atoms with E-state index < -0.39 is 0 Å². The van der Waals surface area contributed by atoms with Gasteiger partial charge in [-0.1, -0.05) is 0 Å². The Morgan fingerprint density at radius 2 is 1.44 bits per heavy atom. The van der Waals surface area contributed by atoms with Gasteiger partial charge in [-0.05, 0) is 35.0 Å². The Balaban J connectivity index is 2.08. The SMILES string of the molecule is COc1cc2c[n+]3ccc4cc(OC)c(OC)cc4c3cc2cc1O. The van der Waals surface area contributed by atoms with Gasteiger partial charge in [-0.15, -0.1) is 0 Å². The van der Waals surface area contributed by atoms with Crippen LogP contribution in [0.25, 0.3) is 27.1 Å². The molecule has 0 aliphatic heterocycles. The molecule has 0 saturated carbocycles. The maximum absolute atomic E-state index is 10.1. The van der Waals surface area contributed by atoms with Crippen LogP contribution in [-0.4, -0.2) is 26.4 Å². The van der Waals surface area contributed by atoms with Gasteiger partial charge in [0.15, 0.2) is 35.4 Å². The molecule has 0 aliphatic rings. The van der Waals surface area contributed by atoms with Crippen molar-refractivity contribution in [1.29, 1.82) is 0 Å². The standard InChI is InChI=1S/C20H17NO4/c1-23-18-9-14-11-21-5-4-12-8-19(24-2)20(25-3)10-15(12)16(21)6-13(14)7-17(18)22/h4-11H,1-3H3/p+1. The Kier molecular flexibility index (Phi) is 3.50. The summed E-state index contributed by atoms with van der Waals surface area (Å²) in [5.74, 6) is 1.96. The molecule has 2 heterocycles. The molecule has 0 bridgehead atoms. The number of aromatic nitrogens is 1. The maximum Gasteiger partial charge on any atom is 0.219 e. The van der Waals surface area contributed by atoms with Crippen LogP contribution in [0.3, 0.4) is 0 Å². The highest BCUT2D eigenvalue weighted by molar-refractivity contribution is 5.99. The molecule has 2 aromatic heterocycles. The van der Waals surface area contributed by atoms with Crippen LogP contribution in [0.4, 0.5) is 0 Å². The van der Waals surface area contributed by atoms with Gasteiger partial charge in [0.05, 0.1) is 32.1 Å². The second-order valence-electron chi connectivity index (χ2n) is 5.83. The molecule has 2 aromatic carbocycles. The molecule has 4 aromatic rings. The predicted molar refractivity (Wildman–Crippen MR) is 95.9 cm³/mol. The number of phenols is 1. The molecular formula is C20H18NO4+. The number of ether oxygens (including phenoxy) is 3. The molecule has 0 aliphatic carbocycles. The molecule has 0 amide bonds. The van der Waals surface area contributed by atoms with Gasteiger partial charge in [-0.25, -0.2) is 0 Å². The zero-order valence-electron chi connectivity index (χ0n) is 14.2. The molecule has 5 heteroatoms. The Morgan fingerprint density at radius 1 is 0.760 bits per heavy atom.